The van der Waals surface area contributed by atoms with Crippen molar-refractivity contribution in [2.75, 3.05) is 16.4 Å². The van der Waals surface area contributed by atoms with Gasteiger partial charge in [0.2, 0.25) is 11.2 Å². The zero-order valence-corrected chi connectivity index (χ0v) is 29.1. The quantitative estimate of drug-likeness (QED) is 0.0812. The number of aliphatic hydroxyl groups excluding tert-OH is 2. The van der Waals surface area contributed by atoms with Crippen molar-refractivity contribution in [2.45, 2.75) is 49.2 Å². The van der Waals surface area contributed by atoms with E-state index < -0.39 is 32.4 Å². The first kappa shape index (κ1) is 35.2. The number of benzene rings is 4. The normalized spacial score (nSPS) is 15.7. The summed E-state index contributed by atoms with van der Waals surface area (Å²) in [4.78, 5) is 11.9. The Hall–Kier alpha value is -4.68. The van der Waals surface area contributed by atoms with Crippen molar-refractivity contribution in [3.63, 3.8) is 0 Å². The maximum absolute atomic E-state index is 12.8. The average Bonchev–Trinajstić information content (AvgIpc) is 3.03. The van der Waals surface area contributed by atoms with Gasteiger partial charge >= 0.3 is 0 Å². The van der Waals surface area contributed by atoms with Gasteiger partial charge in [-0.2, -0.15) is 26.8 Å². The molecule has 14 nitrogen and oxygen atoms in total. The predicted molar refractivity (Wildman–Crippen MR) is 186 cm³/mol. The topological polar surface area (TPSA) is 238 Å². The molecular weight excluding hydrogens is 708 g/mol. The monoisotopic (exact) mass is 738 g/mol. The fourth-order valence-corrected chi connectivity index (χ4v) is 8.15. The van der Waals surface area contributed by atoms with E-state index in [0.29, 0.717) is 44.8 Å². The van der Waals surface area contributed by atoms with Crippen LogP contribution >= 0.6 is 11.6 Å². The molecule has 0 spiro atoms. The first-order chi connectivity index (χ1) is 23.5. The minimum absolute atomic E-state index is 0.0652. The van der Waals surface area contributed by atoms with Crippen molar-refractivity contribution in [1.82, 2.24) is 15.0 Å². The SMILES string of the molecule is Cc1c(Cc2nc(Cl)nc(Nc3cccc(S(=O)(=O)O)c3)n2)c(C)c(S(=O)(=O)O)c(C)c1Nc1ccc(N)c2c1C(O)c1ccccc1C2O. The van der Waals surface area contributed by atoms with Gasteiger partial charge in [-0.05, 0) is 96.1 Å². The molecule has 50 heavy (non-hydrogen) atoms. The third kappa shape index (κ3) is 6.49. The van der Waals surface area contributed by atoms with Gasteiger partial charge in [-0.1, -0.05) is 30.3 Å². The molecule has 1 heterocycles. The lowest BCUT2D eigenvalue weighted by atomic mass is 9.80. The van der Waals surface area contributed by atoms with Gasteiger partial charge in [0.25, 0.3) is 20.2 Å². The fourth-order valence-electron chi connectivity index (χ4n) is 6.45. The van der Waals surface area contributed by atoms with E-state index in [1.807, 2.05) is 0 Å². The van der Waals surface area contributed by atoms with Crippen LogP contribution in [0.5, 0.6) is 0 Å². The van der Waals surface area contributed by atoms with Gasteiger partial charge in [-0.3, -0.25) is 9.11 Å². The van der Waals surface area contributed by atoms with Crippen molar-refractivity contribution in [3.05, 3.63) is 116 Å². The predicted octanol–water partition coefficient (Wildman–Crippen LogP) is 5.08. The van der Waals surface area contributed by atoms with E-state index in [-0.39, 0.29) is 55.8 Å². The second kappa shape index (κ2) is 12.9. The van der Waals surface area contributed by atoms with Crippen LogP contribution in [0.4, 0.5) is 28.7 Å². The number of nitrogen functional groups attached to an aromatic ring is 1. The van der Waals surface area contributed by atoms with Gasteiger partial charge in [-0.25, -0.2) is 4.98 Å². The third-order valence-electron chi connectivity index (χ3n) is 8.68. The van der Waals surface area contributed by atoms with Gasteiger partial charge < -0.3 is 26.6 Å². The molecule has 0 bridgehead atoms. The molecular formula is C33H31ClN6O8S2. The Morgan fingerprint density at radius 3 is 2.08 bits per heavy atom. The molecule has 0 aliphatic heterocycles. The van der Waals surface area contributed by atoms with Crippen molar-refractivity contribution >= 4 is 60.5 Å². The Balaban J connectivity index is 1.45. The molecule has 260 valence electrons. The second-order valence-electron chi connectivity index (χ2n) is 11.8. The molecule has 0 radical (unpaired) electrons. The maximum atomic E-state index is 12.8. The smallest absolute Gasteiger partial charge is 0.295 e. The minimum atomic E-state index is -4.78. The van der Waals surface area contributed by atoms with Crippen LogP contribution in [0.2, 0.25) is 5.28 Å². The van der Waals surface area contributed by atoms with Crippen LogP contribution in [0.3, 0.4) is 0 Å². The molecule has 1 aromatic heterocycles. The Bertz CT molecular complexity index is 2430. The molecule has 2 unspecified atom stereocenters. The fraction of sp³-hybridized carbons (Fsp3) is 0.182. The van der Waals surface area contributed by atoms with E-state index in [1.165, 1.54) is 38.1 Å². The van der Waals surface area contributed by atoms with E-state index in [0.717, 1.165) is 0 Å². The highest BCUT2D eigenvalue weighted by Gasteiger charge is 2.34. The van der Waals surface area contributed by atoms with Crippen LogP contribution in [0.1, 0.15) is 62.5 Å². The van der Waals surface area contributed by atoms with Crippen molar-refractivity contribution in [2.24, 2.45) is 0 Å². The molecule has 2 atom stereocenters. The van der Waals surface area contributed by atoms with E-state index in [1.54, 1.807) is 43.3 Å². The van der Waals surface area contributed by atoms with Crippen LogP contribution in [0.25, 0.3) is 0 Å². The summed E-state index contributed by atoms with van der Waals surface area (Å²) in [6.45, 7) is 4.80. The zero-order chi connectivity index (χ0) is 36.3. The first-order valence-corrected chi connectivity index (χ1v) is 18.2. The molecule has 0 saturated carbocycles. The standard InChI is InChI=1S/C33H31ClN6O8S2/c1-15-22(14-25-38-32(34)40-33(39-25)36-18-7-6-8-19(13-18)49(43,44)45)16(2)31(50(46,47)48)17(3)28(15)37-24-12-11-23(35)26-27(24)30(42)21-10-5-4-9-20(21)29(26)41/h4-13,29-30,37,41-42H,14,35H2,1-3H3,(H,43,44,45)(H,46,47,48)(H,36,38,39,40). The molecule has 1 aliphatic rings. The molecule has 8 N–H and O–H groups in total. The number of aromatic nitrogens is 3. The van der Waals surface area contributed by atoms with Crippen LogP contribution in [0.15, 0.2) is 70.5 Å². The third-order valence-corrected chi connectivity index (χ3v) is 10.8. The number of rotatable bonds is 8. The van der Waals surface area contributed by atoms with E-state index in [4.69, 9.17) is 17.3 Å². The van der Waals surface area contributed by atoms with Crippen LogP contribution in [0, 0.1) is 20.8 Å². The van der Waals surface area contributed by atoms with Crippen LogP contribution < -0.4 is 16.4 Å². The number of fused-ring (bicyclic) bond motifs is 2. The molecule has 0 amide bonds. The van der Waals surface area contributed by atoms with Gasteiger partial charge in [0.1, 0.15) is 22.9 Å². The zero-order valence-electron chi connectivity index (χ0n) is 26.7. The number of nitrogens with one attached hydrogen (secondary N) is 2. The highest BCUT2D eigenvalue weighted by Crippen LogP contribution is 2.48. The summed E-state index contributed by atoms with van der Waals surface area (Å²) in [5.74, 6) is 0.0327. The maximum Gasteiger partial charge on any atom is 0.295 e. The molecule has 1 aliphatic carbocycles. The summed E-state index contributed by atoms with van der Waals surface area (Å²) in [7, 11) is -9.26. The number of nitrogens with zero attached hydrogens (tertiary/aromatic N) is 3. The molecule has 4 aromatic carbocycles. The van der Waals surface area contributed by atoms with Crippen molar-refractivity contribution in [1.29, 1.82) is 0 Å². The summed E-state index contributed by atoms with van der Waals surface area (Å²) >= 11 is 6.23. The Labute approximate surface area is 292 Å². The van der Waals surface area contributed by atoms with E-state index in [9.17, 15) is 36.2 Å². The molecule has 5 aromatic rings. The molecule has 0 fully saturated rings. The number of halogens is 1. The van der Waals surface area contributed by atoms with E-state index >= 15 is 0 Å². The summed E-state index contributed by atoms with van der Waals surface area (Å²) < 4.78 is 68.7. The van der Waals surface area contributed by atoms with Gasteiger partial charge in [-0.15, -0.1) is 0 Å². The lowest BCUT2D eigenvalue weighted by Gasteiger charge is -2.32. The number of aliphatic hydroxyl groups is 2. The Morgan fingerprint density at radius 1 is 0.780 bits per heavy atom. The number of nitrogens with two attached hydrogens (primary N) is 1. The molecule has 17 heteroatoms. The number of anilines is 5. The largest absolute Gasteiger partial charge is 0.398 e. The average molecular weight is 739 g/mol. The summed E-state index contributed by atoms with van der Waals surface area (Å²) in [5.41, 5.74) is 10.4. The van der Waals surface area contributed by atoms with Crippen LogP contribution in [-0.2, 0) is 26.7 Å². The molecule has 6 rings (SSSR count). The minimum Gasteiger partial charge on any atom is -0.398 e. The van der Waals surface area contributed by atoms with Gasteiger partial charge in [0.15, 0.2) is 0 Å². The Morgan fingerprint density at radius 2 is 1.44 bits per heavy atom. The van der Waals surface area contributed by atoms with Crippen LogP contribution in [-0.4, -0.2) is 51.1 Å². The Kier molecular flexibility index (Phi) is 9.06. The van der Waals surface area contributed by atoms with Crippen molar-refractivity contribution < 1.29 is 36.2 Å². The molecule has 0 saturated heterocycles. The highest BCUT2D eigenvalue weighted by atomic mass is 35.5. The second-order valence-corrected chi connectivity index (χ2v) is 14.9. The summed E-state index contributed by atoms with van der Waals surface area (Å²) in [5, 5.41) is 28.7. The van der Waals surface area contributed by atoms with Gasteiger partial charge in [0.05, 0.1) is 4.90 Å². The summed E-state index contributed by atoms with van der Waals surface area (Å²) in [6, 6.07) is 15.4. The summed E-state index contributed by atoms with van der Waals surface area (Å²) in [6.07, 6.45) is -2.41. The highest BCUT2D eigenvalue weighted by molar-refractivity contribution is 7.86. The lowest BCUT2D eigenvalue weighted by Crippen LogP contribution is -2.21. The lowest BCUT2D eigenvalue weighted by molar-refractivity contribution is 0.174. The van der Waals surface area contributed by atoms with E-state index in [2.05, 4.69) is 25.6 Å². The number of hydrogen-bond acceptors (Lipinski definition) is 12. The number of hydrogen-bond donors (Lipinski definition) is 7. The van der Waals surface area contributed by atoms with Gasteiger partial charge in [0, 0.05) is 40.3 Å². The van der Waals surface area contributed by atoms with Crippen molar-refractivity contribution in [3.8, 4) is 0 Å². The first-order valence-electron chi connectivity index (χ1n) is 14.9.